The average molecular weight is 415 g/mol. The summed E-state index contributed by atoms with van der Waals surface area (Å²) in [6, 6.07) is 18.1. The molecule has 3 rings (SSSR count). The third-order valence-corrected chi connectivity index (χ3v) is 6.63. The molecule has 0 aliphatic carbocycles. The number of benzene rings is 2. The van der Waals surface area contributed by atoms with E-state index in [1.165, 1.54) is 28.7 Å². The Balaban J connectivity index is 1.40. The second-order valence-electron chi connectivity index (χ2n) is 5.60. The lowest BCUT2D eigenvalue weighted by molar-refractivity contribution is -0.118. The maximum Gasteiger partial charge on any atom is 0.250 e. The summed E-state index contributed by atoms with van der Waals surface area (Å²) >= 11 is 4.52. The van der Waals surface area contributed by atoms with Crippen molar-refractivity contribution in [2.75, 3.05) is 5.75 Å². The molecule has 1 amide bonds. The molecule has 0 aliphatic rings. The van der Waals surface area contributed by atoms with Crippen molar-refractivity contribution in [2.24, 2.45) is 5.10 Å². The van der Waals surface area contributed by atoms with Crippen LogP contribution in [0.4, 0.5) is 0 Å². The minimum absolute atomic E-state index is 0.169. The van der Waals surface area contributed by atoms with Crippen molar-refractivity contribution >= 4 is 47.0 Å². The molecule has 0 saturated carbocycles. The SMILES string of the molecule is Cc1cccc(C=NNC(=O)CSc2nnc(SCc3ccccc3)s2)c1. The molecule has 0 fully saturated rings. The van der Waals surface area contributed by atoms with E-state index >= 15 is 0 Å². The Morgan fingerprint density at radius 3 is 2.67 bits per heavy atom. The largest absolute Gasteiger partial charge is 0.272 e. The summed E-state index contributed by atoms with van der Waals surface area (Å²) in [5.41, 5.74) is 5.89. The van der Waals surface area contributed by atoms with Crippen LogP contribution in [0.3, 0.4) is 0 Å². The van der Waals surface area contributed by atoms with Gasteiger partial charge in [0.05, 0.1) is 12.0 Å². The first kappa shape index (κ1) is 19.6. The van der Waals surface area contributed by atoms with Gasteiger partial charge in [0.1, 0.15) is 0 Å². The van der Waals surface area contributed by atoms with E-state index in [1.54, 1.807) is 18.0 Å². The quantitative estimate of drug-likeness (QED) is 0.337. The van der Waals surface area contributed by atoms with Crippen LogP contribution in [0.2, 0.25) is 0 Å². The molecule has 138 valence electrons. The molecular formula is C19H18N4OS3. The Kier molecular flexibility index (Phi) is 7.44. The Bertz CT molecular complexity index is 912. The van der Waals surface area contributed by atoms with Crippen LogP contribution in [0.5, 0.6) is 0 Å². The molecule has 8 heteroatoms. The fourth-order valence-electron chi connectivity index (χ4n) is 2.12. The standard InChI is InChI=1S/C19H18N4OS3/c1-14-6-5-9-16(10-14)11-20-21-17(24)13-26-19-23-22-18(27-19)25-12-15-7-3-2-4-8-15/h2-11H,12-13H2,1H3,(H,21,24). The molecule has 0 unspecified atom stereocenters. The van der Waals surface area contributed by atoms with Crippen molar-refractivity contribution in [1.82, 2.24) is 15.6 Å². The molecule has 2 aromatic carbocycles. The van der Waals surface area contributed by atoms with Gasteiger partial charge in [-0.15, -0.1) is 10.2 Å². The van der Waals surface area contributed by atoms with Crippen LogP contribution >= 0.6 is 34.9 Å². The minimum atomic E-state index is -0.169. The van der Waals surface area contributed by atoms with Crippen molar-refractivity contribution < 1.29 is 4.79 Å². The maximum absolute atomic E-state index is 11.9. The van der Waals surface area contributed by atoms with Crippen LogP contribution in [0, 0.1) is 6.92 Å². The normalized spacial score (nSPS) is 11.0. The molecule has 1 aromatic heterocycles. The highest BCUT2D eigenvalue weighted by Crippen LogP contribution is 2.30. The second kappa shape index (κ2) is 10.2. The molecule has 0 saturated heterocycles. The van der Waals surface area contributed by atoms with Crippen molar-refractivity contribution in [1.29, 1.82) is 0 Å². The molecule has 5 nitrogen and oxygen atoms in total. The monoisotopic (exact) mass is 414 g/mol. The number of amides is 1. The van der Waals surface area contributed by atoms with Crippen molar-refractivity contribution in [3.63, 3.8) is 0 Å². The lowest BCUT2D eigenvalue weighted by atomic mass is 10.2. The molecule has 0 atom stereocenters. The minimum Gasteiger partial charge on any atom is -0.272 e. The fraction of sp³-hybridized carbons (Fsp3) is 0.158. The summed E-state index contributed by atoms with van der Waals surface area (Å²) in [7, 11) is 0. The Morgan fingerprint density at radius 1 is 1.11 bits per heavy atom. The Morgan fingerprint density at radius 2 is 1.89 bits per heavy atom. The van der Waals surface area contributed by atoms with Gasteiger partial charge >= 0.3 is 0 Å². The van der Waals surface area contributed by atoms with E-state index < -0.39 is 0 Å². The molecule has 0 radical (unpaired) electrons. The predicted octanol–water partition coefficient (Wildman–Crippen LogP) is 4.38. The number of aromatic nitrogens is 2. The summed E-state index contributed by atoms with van der Waals surface area (Å²) in [4.78, 5) is 11.9. The smallest absolute Gasteiger partial charge is 0.250 e. The van der Waals surface area contributed by atoms with E-state index in [0.29, 0.717) is 0 Å². The van der Waals surface area contributed by atoms with Crippen molar-refractivity contribution in [2.45, 2.75) is 21.4 Å². The number of carbonyl (C=O) groups excluding carboxylic acids is 1. The topological polar surface area (TPSA) is 67.2 Å². The lowest BCUT2D eigenvalue weighted by Crippen LogP contribution is -2.19. The number of hydrogen-bond donors (Lipinski definition) is 1. The van der Waals surface area contributed by atoms with Crippen LogP contribution in [0.1, 0.15) is 16.7 Å². The van der Waals surface area contributed by atoms with Crippen LogP contribution in [-0.2, 0) is 10.5 Å². The van der Waals surface area contributed by atoms with Gasteiger partial charge in [-0.05, 0) is 18.1 Å². The first-order valence-electron chi connectivity index (χ1n) is 8.20. The highest BCUT2D eigenvalue weighted by atomic mass is 32.2. The molecule has 1 heterocycles. The summed E-state index contributed by atoms with van der Waals surface area (Å²) in [5.74, 6) is 0.940. The molecule has 0 spiro atoms. The summed E-state index contributed by atoms with van der Waals surface area (Å²) < 4.78 is 1.68. The number of nitrogens with zero attached hydrogens (tertiary/aromatic N) is 3. The molecule has 3 aromatic rings. The maximum atomic E-state index is 11.9. The number of hydrazone groups is 1. The first-order valence-corrected chi connectivity index (χ1v) is 11.0. The second-order valence-corrected chi connectivity index (χ2v) is 9.03. The van der Waals surface area contributed by atoms with Gasteiger partial charge in [-0.3, -0.25) is 4.79 Å². The zero-order chi connectivity index (χ0) is 18.9. The lowest BCUT2D eigenvalue weighted by Gasteiger charge is -1.98. The molecule has 0 aliphatic heterocycles. The Labute approximate surface area is 170 Å². The van der Waals surface area contributed by atoms with Crippen molar-refractivity contribution in [3.05, 3.63) is 71.3 Å². The van der Waals surface area contributed by atoms with Gasteiger partial charge in [-0.1, -0.05) is 95.0 Å². The molecular weight excluding hydrogens is 396 g/mol. The van der Waals surface area contributed by atoms with E-state index in [-0.39, 0.29) is 11.7 Å². The van der Waals surface area contributed by atoms with Gasteiger partial charge in [0.2, 0.25) is 0 Å². The molecule has 0 bridgehead atoms. The zero-order valence-corrected chi connectivity index (χ0v) is 17.1. The van der Waals surface area contributed by atoms with Crippen LogP contribution in [0.15, 0.2) is 68.4 Å². The number of hydrogen-bond acceptors (Lipinski definition) is 7. The number of rotatable bonds is 8. The van der Waals surface area contributed by atoms with Crippen molar-refractivity contribution in [3.8, 4) is 0 Å². The fourth-order valence-corrected chi connectivity index (χ4v) is 4.89. The van der Waals surface area contributed by atoms with Gasteiger partial charge < -0.3 is 0 Å². The number of nitrogens with one attached hydrogen (secondary N) is 1. The van der Waals surface area contributed by atoms with E-state index in [4.69, 9.17) is 0 Å². The predicted molar refractivity (Wildman–Crippen MR) is 114 cm³/mol. The number of aryl methyl sites for hydroxylation is 1. The van der Waals surface area contributed by atoms with Crippen LogP contribution in [0.25, 0.3) is 0 Å². The number of carbonyl (C=O) groups is 1. The third-order valence-electron chi connectivity index (χ3n) is 3.36. The summed E-state index contributed by atoms with van der Waals surface area (Å²) in [6.07, 6.45) is 1.64. The zero-order valence-electron chi connectivity index (χ0n) is 14.7. The summed E-state index contributed by atoms with van der Waals surface area (Å²) in [5, 5.41) is 12.3. The van der Waals surface area contributed by atoms with E-state index in [2.05, 4.69) is 32.9 Å². The van der Waals surface area contributed by atoms with Gasteiger partial charge in [-0.25, -0.2) is 5.43 Å². The van der Waals surface area contributed by atoms with E-state index in [0.717, 1.165) is 25.6 Å². The van der Waals surface area contributed by atoms with Gasteiger partial charge in [0.25, 0.3) is 5.91 Å². The highest BCUT2D eigenvalue weighted by Gasteiger charge is 2.08. The van der Waals surface area contributed by atoms with Gasteiger partial charge in [-0.2, -0.15) is 5.10 Å². The van der Waals surface area contributed by atoms with E-state index in [1.807, 2.05) is 49.4 Å². The van der Waals surface area contributed by atoms with Gasteiger partial charge in [0, 0.05) is 5.75 Å². The first-order chi connectivity index (χ1) is 13.2. The Hall–Kier alpha value is -2.16. The highest BCUT2D eigenvalue weighted by molar-refractivity contribution is 8.03. The van der Waals surface area contributed by atoms with Gasteiger partial charge in [0.15, 0.2) is 8.68 Å². The average Bonchev–Trinajstić information content (AvgIpc) is 3.14. The molecule has 27 heavy (non-hydrogen) atoms. The van der Waals surface area contributed by atoms with E-state index in [9.17, 15) is 4.79 Å². The summed E-state index contributed by atoms with van der Waals surface area (Å²) in [6.45, 7) is 2.01. The number of thioether (sulfide) groups is 2. The molecule has 1 N–H and O–H groups in total. The van der Waals surface area contributed by atoms with Crippen LogP contribution < -0.4 is 5.43 Å². The third kappa shape index (κ3) is 6.82. The van der Waals surface area contributed by atoms with Crippen LogP contribution in [-0.4, -0.2) is 28.1 Å².